The van der Waals surface area contributed by atoms with E-state index in [0.29, 0.717) is 0 Å². The molecule has 2 rings (SSSR count). The summed E-state index contributed by atoms with van der Waals surface area (Å²) in [7, 11) is 0. The molecule has 0 saturated heterocycles. The van der Waals surface area contributed by atoms with Gasteiger partial charge in [0.1, 0.15) is 5.82 Å². The number of halogens is 2. The first-order chi connectivity index (χ1) is 6.27. The van der Waals surface area contributed by atoms with Crippen LogP contribution in [0.5, 0.6) is 0 Å². The molecule has 0 aliphatic heterocycles. The van der Waals surface area contributed by atoms with Gasteiger partial charge in [-0.2, -0.15) is 5.10 Å². The Morgan fingerprint density at radius 1 is 1.31 bits per heavy atom. The van der Waals surface area contributed by atoms with E-state index in [4.69, 9.17) is 11.6 Å². The lowest BCUT2D eigenvalue weighted by Crippen LogP contribution is -1.78. The van der Waals surface area contributed by atoms with Crippen LogP contribution in [-0.4, -0.2) is 10.2 Å². The molecule has 2 nitrogen and oxygen atoms in total. The maximum Gasteiger partial charge on any atom is 0.141 e. The second-order valence-corrected chi connectivity index (χ2v) is 3.02. The normalized spacial score (nSPS) is 10.3. The van der Waals surface area contributed by atoms with Crippen LogP contribution in [0.15, 0.2) is 30.6 Å². The Balaban J connectivity index is 2.49. The standard InChI is InChI=1S/C9H6ClFN2/c10-8-3-6(1-2-9(8)11)7-4-12-13-5-7/h1-5H,(H,12,13). The first kappa shape index (κ1) is 8.26. The van der Waals surface area contributed by atoms with Crippen LogP contribution >= 0.6 is 11.6 Å². The third kappa shape index (κ3) is 1.55. The summed E-state index contributed by atoms with van der Waals surface area (Å²) < 4.78 is 12.8. The van der Waals surface area contributed by atoms with Crippen LogP contribution in [0.2, 0.25) is 5.02 Å². The number of rotatable bonds is 1. The molecule has 0 radical (unpaired) electrons. The molecule has 0 aliphatic carbocycles. The van der Waals surface area contributed by atoms with Crippen LogP contribution in [0.25, 0.3) is 11.1 Å². The van der Waals surface area contributed by atoms with Gasteiger partial charge in [-0.1, -0.05) is 17.7 Å². The third-order valence-electron chi connectivity index (χ3n) is 1.75. The van der Waals surface area contributed by atoms with Gasteiger partial charge in [-0.3, -0.25) is 5.10 Å². The average molecular weight is 197 g/mol. The second kappa shape index (κ2) is 3.18. The highest BCUT2D eigenvalue weighted by Gasteiger charge is 2.02. The number of H-pyrrole nitrogens is 1. The molecule has 0 bridgehead atoms. The molecule has 66 valence electrons. The Morgan fingerprint density at radius 3 is 2.77 bits per heavy atom. The van der Waals surface area contributed by atoms with E-state index in [1.54, 1.807) is 24.5 Å². The van der Waals surface area contributed by atoms with Crippen molar-refractivity contribution in [2.24, 2.45) is 0 Å². The van der Waals surface area contributed by atoms with Gasteiger partial charge in [0.15, 0.2) is 0 Å². The first-order valence-corrected chi connectivity index (χ1v) is 4.09. The highest BCUT2D eigenvalue weighted by Crippen LogP contribution is 2.23. The van der Waals surface area contributed by atoms with Crippen molar-refractivity contribution in [2.75, 3.05) is 0 Å². The lowest BCUT2D eigenvalue weighted by atomic mass is 10.1. The molecule has 0 saturated carbocycles. The van der Waals surface area contributed by atoms with E-state index in [1.165, 1.54) is 6.07 Å². The second-order valence-electron chi connectivity index (χ2n) is 2.62. The molecule has 2 aromatic rings. The van der Waals surface area contributed by atoms with Crippen molar-refractivity contribution < 1.29 is 4.39 Å². The fraction of sp³-hybridized carbons (Fsp3) is 0. The monoisotopic (exact) mass is 196 g/mol. The van der Waals surface area contributed by atoms with Crippen molar-refractivity contribution >= 4 is 11.6 Å². The van der Waals surface area contributed by atoms with Crippen LogP contribution in [0, 0.1) is 5.82 Å². The average Bonchev–Trinajstić information content (AvgIpc) is 2.62. The number of hydrogen-bond donors (Lipinski definition) is 1. The van der Waals surface area contributed by atoms with Gasteiger partial charge in [0.05, 0.1) is 11.2 Å². The fourth-order valence-electron chi connectivity index (χ4n) is 1.08. The Labute approximate surface area is 79.4 Å². The van der Waals surface area contributed by atoms with Gasteiger partial charge in [0, 0.05) is 11.8 Å². The minimum atomic E-state index is -0.408. The SMILES string of the molecule is Fc1ccc(-c2cn[nH]c2)cc1Cl. The largest absolute Gasteiger partial charge is 0.285 e. The maximum atomic E-state index is 12.8. The van der Waals surface area contributed by atoms with E-state index in [1.807, 2.05) is 0 Å². The summed E-state index contributed by atoms with van der Waals surface area (Å²) >= 11 is 5.63. The minimum absolute atomic E-state index is 0.124. The van der Waals surface area contributed by atoms with Gasteiger partial charge in [0.2, 0.25) is 0 Å². The summed E-state index contributed by atoms with van der Waals surface area (Å²) in [5, 5.41) is 6.59. The topological polar surface area (TPSA) is 28.7 Å². The van der Waals surface area contributed by atoms with Gasteiger partial charge in [-0.25, -0.2) is 4.39 Å². The summed E-state index contributed by atoms with van der Waals surface area (Å²) in [4.78, 5) is 0. The quantitative estimate of drug-likeness (QED) is 0.747. The van der Waals surface area contributed by atoms with E-state index in [2.05, 4.69) is 10.2 Å². The summed E-state index contributed by atoms with van der Waals surface area (Å²) in [5.74, 6) is -0.408. The minimum Gasteiger partial charge on any atom is -0.285 e. The molecule has 1 aromatic heterocycles. The van der Waals surface area contributed by atoms with Crippen molar-refractivity contribution in [2.45, 2.75) is 0 Å². The zero-order chi connectivity index (χ0) is 9.26. The lowest BCUT2D eigenvalue weighted by Gasteiger charge is -1.98. The van der Waals surface area contributed by atoms with Crippen LogP contribution in [-0.2, 0) is 0 Å². The Kier molecular flexibility index (Phi) is 2.02. The lowest BCUT2D eigenvalue weighted by molar-refractivity contribution is 0.628. The molecule has 1 aromatic carbocycles. The highest BCUT2D eigenvalue weighted by molar-refractivity contribution is 6.31. The van der Waals surface area contributed by atoms with Crippen molar-refractivity contribution in [1.29, 1.82) is 0 Å². The van der Waals surface area contributed by atoms with E-state index in [0.717, 1.165) is 11.1 Å². The molecule has 1 N–H and O–H groups in total. The smallest absolute Gasteiger partial charge is 0.141 e. The summed E-state index contributed by atoms with van der Waals surface area (Å²) in [5.41, 5.74) is 1.74. The Morgan fingerprint density at radius 2 is 2.15 bits per heavy atom. The summed E-state index contributed by atoms with van der Waals surface area (Å²) in [6.45, 7) is 0. The summed E-state index contributed by atoms with van der Waals surface area (Å²) in [6.07, 6.45) is 3.38. The van der Waals surface area contributed by atoms with Gasteiger partial charge in [-0.05, 0) is 17.7 Å². The van der Waals surface area contributed by atoms with E-state index >= 15 is 0 Å². The van der Waals surface area contributed by atoms with Crippen LogP contribution in [0.4, 0.5) is 4.39 Å². The molecule has 0 amide bonds. The van der Waals surface area contributed by atoms with Gasteiger partial charge < -0.3 is 0 Å². The molecule has 0 spiro atoms. The summed E-state index contributed by atoms with van der Waals surface area (Å²) in [6, 6.07) is 4.57. The number of benzene rings is 1. The zero-order valence-corrected chi connectivity index (χ0v) is 7.35. The van der Waals surface area contributed by atoms with Crippen LogP contribution in [0.1, 0.15) is 0 Å². The predicted octanol–water partition coefficient (Wildman–Crippen LogP) is 2.87. The Hall–Kier alpha value is -1.35. The van der Waals surface area contributed by atoms with Crippen molar-refractivity contribution in [3.63, 3.8) is 0 Å². The van der Waals surface area contributed by atoms with Gasteiger partial charge in [0.25, 0.3) is 0 Å². The molecular weight excluding hydrogens is 191 g/mol. The molecule has 4 heteroatoms. The van der Waals surface area contributed by atoms with Crippen molar-refractivity contribution in [3.05, 3.63) is 41.4 Å². The highest BCUT2D eigenvalue weighted by atomic mass is 35.5. The Bertz CT molecular complexity index is 412. The predicted molar refractivity (Wildman–Crippen MR) is 49.0 cm³/mol. The third-order valence-corrected chi connectivity index (χ3v) is 2.04. The molecular formula is C9H6ClFN2. The first-order valence-electron chi connectivity index (χ1n) is 3.71. The molecule has 0 atom stereocenters. The van der Waals surface area contributed by atoms with Crippen molar-refractivity contribution in [3.8, 4) is 11.1 Å². The molecule has 0 unspecified atom stereocenters. The molecule has 13 heavy (non-hydrogen) atoms. The van der Waals surface area contributed by atoms with E-state index in [-0.39, 0.29) is 5.02 Å². The maximum absolute atomic E-state index is 12.8. The van der Waals surface area contributed by atoms with Crippen LogP contribution < -0.4 is 0 Å². The fourth-order valence-corrected chi connectivity index (χ4v) is 1.26. The molecule has 0 aliphatic rings. The van der Waals surface area contributed by atoms with E-state index < -0.39 is 5.82 Å². The number of aromatic amines is 1. The molecule has 1 heterocycles. The number of aromatic nitrogens is 2. The zero-order valence-electron chi connectivity index (χ0n) is 6.59. The van der Waals surface area contributed by atoms with Gasteiger partial charge >= 0.3 is 0 Å². The number of hydrogen-bond acceptors (Lipinski definition) is 1. The van der Waals surface area contributed by atoms with Crippen molar-refractivity contribution in [1.82, 2.24) is 10.2 Å². The number of nitrogens with one attached hydrogen (secondary N) is 1. The van der Waals surface area contributed by atoms with Gasteiger partial charge in [-0.15, -0.1) is 0 Å². The van der Waals surface area contributed by atoms with Crippen LogP contribution in [0.3, 0.4) is 0 Å². The number of nitrogens with zero attached hydrogens (tertiary/aromatic N) is 1. The van der Waals surface area contributed by atoms with E-state index in [9.17, 15) is 4.39 Å². The molecule has 0 fully saturated rings.